The molecule has 1 rings (SSSR count). The van der Waals surface area contributed by atoms with E-state index in [9.17, 15) is 9.59 Å². The van der Waals surface area contributed by atoms with Crippen molar-refractivity contribution in [1.29, 1.82) is 0 Å². The third-order valence-electron chi connectivity index (χ3n) is 2.79. The molecular formula is C14H21N3O3. The number of nitrogens with one attached hydrogen (secondary N) is 1. The zero-order valence-corrected chi connectivity index (χ0v) is 11.7. The molecule has 0 bridgehead atoms. The number of hydrogen-bond acceptors (Lipinski definition) is 3. The molecule has 0 saturated carbocycles. The van der Waals surface area contributed by atoms with E-state index in [1.54, 1.807) is 0 Å². The Balaban J connectivity index is 2.78. The second-order valence-electron chi connectivity index (χ2n) is 4.94. The Kier molecular flexibility index (Phi) is 5.99. The summed E-state index contributed by atoms with van der Waals surface area (Å²) in [5.74, 6) is 0. The predicted molar refractivity (Wildman–Crippen MR) is 76.5 cm³/mol. The van der Waals surface area contributed by atoms with Crippen LogP contribution in [0.25, 0.3) is 0 Å². The zero-order valence-electron chi connectivity index (χ0n) is 11.7. The van der Waals surface area contributed by atoms with Crippen LogP contribution in [-0.4, -0.2) is 40.8 Å². The number of nitrogens with zero attached hydrogens (tertiary/aromatic N) is 1. The summed E-state index contributed by atoms with van der Waals surface area (Å²) in [6.07, 6.45) is -0.711. The highest BCUT2D eigenvalue weighted by atomic mass is 16.4. The van der Waals surface area contributed by atoms with Crippen molar-refractivity contribution >= 4 is 12.1 Å². The lowest BCUT2D eigenvalue weighted by atomic mass is 10.0. The third-order valence-corrected chi connectivity index (χ3v) is 2.79. The molecule has 110 valence electrons. The number of rotatable bonds is 6. The minimum absolute atomic E-state index is 0.0255. The van der Waals surface area contributed by atoms with Crippen LogP contribution < -0.4 is 11.1 Å². The van der Waals surface area contributed by atoms with Crippen molar-refractivity contribution in [3.8, 4) is 0 Å². The molecule has 0 spiro atoms. The van der Waals surface area contributed by atoms with Crippen LogP contribution in [0, 0.1) is 0 Å². The van der Waals surface area contributed by atoms with Crippen molar-refractivity contribution in [3.63, 3.8) is 0 Å². The summed E-state index contributed by atoms with van der Waals surface area (Å²) in [6.45, 7) is 3.96. The summed E-state index contributed by atoms with van der Waals surface area (Å²) in [4.78, 5) is 22.8. The van der Waals surface area contributed by atoms with Gasteiger partial charge in [0.25, 0.3) is 0 Å². The van der Waals surface area contributed by atoms with Gasteiger partial charge in [-0.1, -0.05) is 44.2 Å². The van der Waals surface area contributed by atoms with E-state index in [2.05, 4.69) is 5.32 Å². The van der Waals surface area contributed by atoms with Gasteiger partial charge in [0.05, 0.1) is 0 Å². The molecule has 20 heavy (non-hydrogen) atoms. The van der Waals surface area contributed by atoms with Crippen molar-refractivity contribution in [2.75, 3.05) is 6.54 Å². The Bertz CT molecular complexity index is 434. The fraction of sp³-hybridized carbons (Fsp3) is 0.429. The SMILES string of the molecule is CC(C)N[C@H](Cc1ccccc1)CN(C(N)=O)C(=O)O. The fourth-order valence-electron chi connectivity index (χ4n) is 2.03. The highest BCUT2D eigenvalue weighted by molar-refractivity contribution is 5.88. The van der Waals surface area contributed by atoms with E-state index in [-0.39, 0.29) is 18.6 Å². The Morgan fingerprint density at radius 2 is 1.90 bits per heavy atom. The number of amides is 3. The maximum absolute atomic E-state index is 11.2. The average Bonchev–Trinajstić information content (AvgIpc) is 2.35. The number of nitrogens with two attached hydrogens (primary N) is 1. The van der Waals surface area contributed by atoms with E-state index in [0.717, 1.165) is 5.56 Å². The molecule has 0 unspecified atom stereocenters. The number of carbonyl (C=O) groups excluding carboxylic acids is 1. The van der Waals surface area contributed by atoms with Gasteiger partial charge >= 0.3 is 12.1 Å². The van der Waals surface area contributed by atoms with Gasteiger partial charge in [-0.05, 0) is 12.0 Å². The molecule has 0 heterocycles. The molecule has 0 fully saturated rings. The highest BCUT2D eigenvalue weighted by Crippen LogP contribution is 2.06. The number of imide groups is 1. The number of primary amides is 1. The lowest BCUT2D eigenvalue weighted by Crippen LogP contribution is -2.50. The van der Waals surface area contributed by atoms with Gasteiger partial charge in [0, 0.05) is 18.6 Å². The maximum Gasteiger partial charge on any atom is 0.415 e. The summed E-state index contributed by atoms with van der Waals surface area (Å²) in [5, 5.41) is 12.2. The molecule has 6 nitrogen and oxygen atoms in total. The van der Waals surface area contributed by atoms with Crippen molar-refractivity contribution in [2.45, 2.75) is 32.4 Å². The molecule has 6 heteroatoms. The molecule has 0 aromatic heterocycles. The van der Waals surface area contributed by atoms with E-state index in [4.69, 9.17) is 10.8 Å². The number of benzene rings is 1. The summed E-state index contributed by atoms with van der Waals surface area (Å²) in [5.41, 5.74) is 6.16. The summed E-state index contributed by atoms with van der Waals surface area (Å²) < 4.78 is 0. The molecule has 1 atom stereocenters. The van der Waals surface area contributed by atoms with Crippen LogP contribution in [0.1, 0.15) is 19.4 Å². The predicted octanol–water partition coefficient (Wildman–Crippen LogP) is 1.65. The molecule has 0 aliphatic carbocycles. The Morgan fingerprint density at radius 3 is 2.35 bits per heavy atom. The number of carbonyl (C=O) groups is 2. The van der Waals surface area contributed by atoms with E-state index in [0.29, 0.717) is 11.3 Å². The van der Waals surface area contributed by atoms with Crippen molar-refractivity contribution < 1.29 is 14.7 Å². The number of carboxylic acid groups (broad SMARTS) is 1. The first-order chi connectivity index (χ1) is 9.40. The van der Waals surface area contributed by atoms with Gasteiger partial charge in [0.15, 0.2) is 0 Å². The van der Waals surface area contributed by atoms with Gasteiger partial charge < -0.3 is 16.2 Å². The van der Waals surface area contributed by atoms with Gasteiger partial charge in [-0.15, -0.1) is 0 Å². The minimum Gasteiger partial charge on any atom is -0.465 e. The zero-order chi connectivity index (χ0) is 15.1. The topological polar surface area (TPSA) is 95.7 Å². The van der Waals surface area contributed by atoms with Gasteiger partial charge in [-0.25, -0.2) is 14.5 Å². The first-order valence-corrected chi connectivity index (χ1v) is 6.50. The monoisotopic (exact) mass is 279 g/mol. The molecule has 0 radical (unpaired) electrons. The largest absolute Gasteiger partial charge is 0.465 e. The van der Waals surface area contributed by atoms with Crippen LogP contribution in [0.2, 0.25) is 0 Å². The van der Waals surface area contributed by atoms with Crippen LogP contribution in [0.15, 0.2) is 30.3 Å². The molecule has 0 saturated heterocycles. The standard InChI is InChI=1S/C14H21N3O3/c1-10(2)16-12(8-11-6-4-3-5-7-11)9-17(13(15)18)14(19)20/h3-7,10,12,16H,8-9H2,1-2H3,(H2,15,18)(H,19,20)/t12-/m1/s1. The van der Waals surface area contributed by atoms with E-state index < -0.39 is 12.1 Å². The average molecular weight is 279 g/mol. The van der Waals surface area contributed by atoms with Crippen molar-refractivity contribution in [1.82, 2.24) is 10.2 Å². The normalized spacial score (nSPS) is 12.2. The highest BCUT2D eigenvalue weighted by Gasteiger charge is 2.23. The van der Waals surface area contributed by atoms with Crippen molar-refractivity contribution in [2.24, 2.45) is 5.73 Å². The lowest BCUT2D eigenvalue weighted by Gasteiger charge is -2.25. The minimum atomic E-state index is -1.33. The van der Waals surface area contributed by atoms with E-state index >= 15 is 0 Å². The van der Waals surface area contributed by atoms with E-state index in [1.807, 2.05) is 44.2 Å². The summed E-state index contributed by atoms with van der Waals surface area (Å²) >= 11 is 0. The third kappa shape index (κ3) is 5.27. The lowest BCUT2D eigenvalue weighted by molar-refractivity contribution is 0.146. The van der Waals surface area contributed by atoms with Crippen LogP contribution in [0.5, 0.6) is 0 Å². The maximum atomic E-state index is 11.2. The van der Waals surface area contributed by atoms with Crippen LogP contribution in [-0.2, 0) is 6.42 Å². The second-order valence-corrected chi connectivity index (χ2v) is 4.94. The first kappa shape index (κ1) is 16.0. The smallest absolute Gasteiger partial charge is 0.415 e. The molecule has 1 aromatic carbocycles. The van der Waals surface area contributed by atoms with Gasteiger partial charge in [-0.3, -0.25) is 0 Å². The summed E-state index contributed by atoms with van der Waals surface area (Å²) in [6, 6.07) is 8.72. The molecule has 4 N–H and O–H groups in total. The molecule has 0 aliphatic rings. The second kappa shape index (κ2) is 7.49. The van der Waals surface area contributed by atoms with Crippen LogP contribution in [0.4, 0.5) is 9.59 Å². The molecule has 0 aliphatic heterocycles. The van der Waals surface area contributed by atoms with Gasteiger partial charge in [0.2, 0.25) is 0 Å². The quantitative estimate of drug-likeness (QED) is 0.737. The number of hydrogen-bond donors (Lipinski definition) is 3. The Hall–Kier alpha value is -2.08. The molecule has 3 amide bonds. The van der Waals surface area contributed by atoms with Crippen molar-refractivity contribution in [3.05, 3.63) is 35.9 Å². The Labute approximate surface area is 118 Å². The van der Waals surface area contributed by atoms with Crippen LogP contribution in [0.3, 0.4) is 0 Å². The molecular weight excluding hydrogens is 258 g/mol. The van der Waals surface area contributed by atoms with Crippen LogP contribution >= 0.6 is 0 Å². The Morgan fingerprint density at radius 1 is 1.30 bits per heavy atom. The van der Waals surface area contributed by atoms with E-state index in [1.165, 1.54) is 0 Å². The first-order valence-electron chi connectivity index (χ1n) is 6.50. The number of urea groups is 1. The fourth-order valence-corrected chi connectivity index (χ4v) is 2.03. The summed E-state index contributed by atoms with van der Waals surface area (Å²) in [7, 11) is 0. The van der Waals surface area contributed by atoms with Gasteiger partial charge in [-0.2, -0.15) is 0 Å². The van der Waals surface area contributed by atoms with Gasteiger partial charge in [0.1, 0.15) is 0 Å². The molecule has 1 aromatic rings.